The summed E-state index contributed by atoms with van der Waals surface area (Å²) in [6.07, 6.45) is 2.46. The van der Waals surface area contributed by atoms with Gasteiger partial charge in [0.2, 0.25) is 0 Å². The highest BCUT2D eigenvalue weighted by Gasteiger charge is 2.30. The molecule has 0 aromatic heterocycles. The van der Waals surface area contributed by atoms with Crippen LogP contribution in [0.25, 0.3) is 0 Å². The van der Waals surface area contributed by atoms with Crippen molar-refractivity contribution >= 4 is 22.8 Å². The van der Waals surface area contributed by atoms with Crippen molar-refractivity contribution in [1.29, 1.82) is 0 Å². The van der Waals surface area contributed by atoms with Crippen molar-refractivity contribution in [2.45, 2.75) is 53.4 Å². The van der Waals surface area contributed by atoms with Crippen LogP contribution in [0.3, 0.4) is 0 Å². The molecule has 15 heteroatoms. The van der Waals surface area contributed by atoms with Crippen LogP contribution >= 0.6 is 22.8 Å². The van der Waals surface area contributed by atoms with E-state index in [1.807, 2.05) is 27.7 Å². The molecule has 0 aliphatic carbocycles. The lowest BCUT2D eigenvalue weighted by Gasteiger charge is -2.28. The average molecular weight is 580 g/mol. The molecule has 1 saturated heterocycles. The Balaban J connectivity index is 2.93. The third-order valence-electron chi connectivity index (χ3n) is 5.52. The average Bonchev–Trinajstić information content (AvgIpc) is 2.84. The molecule has 0 bridgehead atoms. The molecular weight excluding hydrogens is 531 g/mol. The number of rotatable bonds is 17. The predicted molar refractivity (Wildman–Crippen MR) is 141 cm³/mol. The lowest BCUT2D eigenvalue weighted by atomic mass is 10.2. The van der Waals surface area contributed by atoms with Gasteiger partial charge in [-0.15, -0.1) is 0 Å². The molecule has 0 aromatic carbocycles. The minimum Gasteiger partial charge on any atom is -0.323 e. The van der Waals surface area contributed by atoms with Gasteiger partial charge in [0.15, 0.2) is 0 Å². The van der Waals surface area contributed by atoms with Gasteiger partial charge in [0.05, 0.1) is 19.8 Å². The molecule has 216 valence electrons. The fourth-order valence-corrected chi connectivity index (χ4v) is 7.43. The smallest absolute Gasteiger partial charge is 0.323 e. The molecule has 1 aliphatic rings. The summed E-state index contributed by atoms with van der Waals surface area (Å²) in [7, 11) is -11.6. The van der Waals surface area contributed by atoms with Crippen LogP contribution in [-0.4, -0.2) is 107 Å². The Hall–Kier alpha value is 0.330. The largest absolute Gasteiger partial charge is 0.342 e. The fourth-order valence-electron chi connectivity index (χ4n) is 3.46. The van der Waals surface area contributed by atoms with E-state index < -0.39 is 22.8 Å². The third-order valence-corrected chi connectivity index (χ3v) is 9.52. The molecule has 12 nitrogen and oxygen atoms in total. The molecule has 3 atom stereocenters. The summed E-state index contributed by atoms with van der Waals surface area (Å²) >= 11 is 0. The van der Waals surface area contributed by atoms with Crippen LogP contribution in [0, 0.1) is 5.92 Å². The van der Waals surface area contributed by atoms with Crippen molar-refractivity contribution in [2.24, 2.45) is 5.92 Å². The summed E-state index contributed by atoms with van der Waals surface area (Å²) in [6, 6.07) is 0. The monoisotopic (exact) mass is 579 g/mol. The second-order valence-corrected chi connectivity index (χ2v) is 15.2. The van der Waals surface area contributed by atoms with Crippen molar-refractivity contribution in [3.8, 4) is 0 Å². The molecule has 0 saturated carbocycles. The Morgan fingerprint density at radius 3 is 1.22 bits per heavy atom. The van der Waals surface area contributed by atoms with Crippen LogP contribution in [0.5, 0.6) is 0 Å². The van der Waals surface area contributed by atoms with Gasteiger partial charge in [0, 0.05) is 39.3 Å². The topological polar surface area (TPSA) is 149 Å². The van der Waals surface area contributed by atoms with Gasteiger partial charge < -0.3 is 28.3 Å². The van der Waals surface area contributed by atoms with Crippen LogP contribution in [-0.2, 0) is 27.3 Å². The second-order valence-electron chi connectivity index (χ2n) is 9.75. The highest BCUT2D eigenvalue weighted by molar-refractivity contribution is 7.53. The van der Waals surface area contributed by atoms with Crippen molar-refractivity contribution in [1.82, 2.24) is 14.7 Å². The summed E-state index contributed by atoms with van der Waals surface area (Å²) in [6.45, 7) is 10.4. The number of hydrogen-bond acceptors (Lipinski definition) is 9. The van der Waals surface area contributed by atoms with Gasteiger partial charge >= 0.3 is 22.8 Å². The molecule has 1 heterocycles. The zero-order valence-corrected chi connectivity index (χ0v) is 25.0. The summed E-state index contributed by atoms with van der Waals surface area (Å²) in [5.74, 6) is 0.102. The maximum Gasteiger partial charge on any atom is 0.342 e. The number of nitrogens with zero attached hydrogens (tertiary/aromatic N) is 3. The normalized spacial score (nSPS) is 22.3. The van der Waals surface area contributed by atoms with Crippen molar-refractivity contribution in [3.05, 3.63) is 0 Å². The van der Waals surface area contributed by atoms with Gasteiger partial charge in [0.25, 0.3) is 0 Å². The first-order valence-corrected chi connectivity index (χ1v) is 18.1. The molecule has 3 N–H and O–H groups in total. The van der Waals surface area contributed by atoms with Crippen LogP contribution in [0.15, 0.2) is 0 Å². The summed E-state index contributed by atoms with van der Waals surface area (Å²) in [5, 5.41) is 0. The van der Waals surface area contributed by atoms with Gasteiger partial charge in [-0.2, -0.15) is 0 Å². The molecule has 1 rings (SSSR count). The predicted octanol–water partition coefficient (Wildman–Crippen LogP) is 3.64. The Labute approximate surface area is 216 Å². The van der Waals surface area contributed by atoms with Crippen LogP contribution in [0.1, 0.15) is 53.4 Å². The third kappa shape index (κ3) is 16.3. The van der Waals surface area contributed by atoms with Gasteiger partial charge in [-0.3, -0.25) is 28.4 Å². The first-order valence-electron chi connectivity index (χ1n) is 12.8. The van der Waals surface area contributed by atoms with Crippen molar-refractivity contribution in [3.63, 3.8) is 0 Å². The van der Waals surface area contributed by atoms with E-state index in [2.05, 4.69) is 0 Å². The molecule has 36 heavy (non-hydrogen) atoms. The van der Waals surface area contributed by atoms with Crippen molar-refractivity contribution in [2.75, 3.05) is 77.9 Å². The van der Waals surface area contributed by atoms with Gasteiger partial charge in [-0.1, -0.05) is 40.5 Å². The lowest BCUT2D eigenvalue weighted by Crippen LogP contribution is -2.37. The summed E-state index contributed by atoms with van der Waals surface area (Å²) in [5.41, 5.74) is 0. The Morgan fingerprint density at radius 1 is 0.639 bits per heavy atom. The molecule has 1 aliphatic heterocycles. The van der Waals surface area contributed by atoms with E-state index in [9.17, 15) is 28.4 Å². The first-order chi connectivity index (χ1) is 16.8. The highest BCUT2D eigenvalue weighted by Crippen LogP contribution is 2.45. The second kappa shape index (κ2) is 17.1. The van der Waals surface area contributed by atoms with E-state index in [-0.39, 0.29) is 44.6 Å². The van der Waals surface area contributed by atoms with Gasteiger partial charge in [-0.05, 0) is 18.8 Å². The summed E-state index contributed by atoms with van der Waals surface area (Å²) < 4.78 is 53.6. The summed E-state index contributed by atoms with van der Waals surface area (Å²) in [4.78, 5) is 36.3. The van der Waals surface area contributed by atoms with E-state index in [1.54, 1.807) is 14.7 Å². The molecule has 3 unspecified atom stereocenters. The van der Waals surface area contributed by atoms with Crippen LogP contribution in [0.2, 0.25) is 0 Å². The minimum absolute atomic E-state index is 0.102. The molecule has 0 spiro atoms. The van der Waals surface area contributed by atoms with E-state index in [0.29, 0.717) is 52.1 Å². The SMILES string of the molecule is CCCCOP(=O)(O)CN1CCN(CP(=O)(O)OCCCC)CCN(CP(=O)(O)OCC(C)C)CC1. The molecule has 0 amide bonds. The van der Waals surface area contributed by atoms with Crippen molar-refractivity contribution < 1.29 is 41.9 Å². The van der Waals surface area contributed by atoms with E-state index in [4.69, 9.17) is 13.6 Å². The quantitative estimate of drug-likeness (QED) is 0.171. The maximum absolute atomic E-state index is 12.6. The molecule has 0 aromatic rings. The number of unbranched alkanes of at least 4 members (excludes halogenated alkanes) is 2. The minimum atomic E-state index is -3.89. The first kappa shape index (κ1) is 34.4. The van der Waals surface area contributed by atoms with E-state index in [0.717, 1.165) is 12.8 Å². The fraction of sp³-hybridized carbons (Fsp3) is 1.00. The zero-order valence-electron chi connectivity index (χ0n) is 22.4. The van der Waals surface area contributed by atoms with E-state index >= 15 is 0 Å². The highest BCUT2D eigenvalue weighted by atomic mass is 31.2. The van der Waals surface area contributed by atoms with E-state index in [1.165, 1.54) is 0 Å². The zero-order chi connectivity index (χ0) is 27.2. The molecule has 1 fully saturated rings. The van der Waals surface area contributed by atoms with Crippen LogP contribution in [0.4, 0.5) is 0 Å². The Kier molecular flexibility index (Phi) is 16.3. The van der Waals surface area contributed by atoms with Gasteiger partial charge in [0.1, 0.15) is 18.9 Å². The van der Waals surface area contributed by atoms with Gasteiger partial charge in [-0.25, -0.2) is 0 Å². The maximum atomic E-state index is 12.6. The lowest BCUT2D eigenvalue weighted by molar-refractivity contribution is 0.192. The Morgan fingerprint density at radius 2 is 0.944 bits per heavy atom. The number of hydrogen-bond donors (Lipinski definition) is 3. The molecule has 0 radical (unpaired) electrons. The Bertz CT molecular complexity index is 715. The standard InChI is InChI=1S/C21H48N3O9P3/c1-5-7-15-31-34(25,26)18-22-9-10-23(19-35(27,28)32-16-8-6-2)12-14-24(13-11-22)20-36(29,30)33-17-21(3)4/h21H,5-20H2,1-4H3,(H,25,26)(H,27,28)(H,29,30). The van der Waals surface area contributed by atoms with Crippen LogP contribution < -0.4 is 0 Å². The molecular formula is C21H48N3O9P3.